The summed E-state index contributed by atoms with van der Waals surface area (Å²) in [6, 6.07) is 5.62. The van der Waals surface area contributed by atoms with Crippen molar-refractivity contribution >= 4 is 23.2 Å². The molecule has 1 saturated heterocycles. The minimum Gasteiger partial charge on any atom is -0.396 e. The van der Waals surface area contributed by atoms with Crippen molar-refractivity contribution < 1.29 is 14.6 Å². The highest BCUT2D eigenvalue weighted by Crippen LogP contribution is 2.23. The molecule has 2 rings (SSSR count). The van der Waals surface area contributed by atoms with E-state index in [1.54, 1.807) is 6.07 Å². The molecule has 1 heterocycles. The molecule has 1 aromatic carbocycles. The summed E-state index contributed by atoms with van der Waals surface area (Å²) in [6.07, 6.45) is 0.532. The fourth-order valence-corrected chi connectivity index (χ4v) is 2.47. The van der Waals surface area contributed by atoms with Crippen molar-refractivity contribution in [2.75, 3.05) is 32.9 Å². The molecule has 1 N–H and O–H groups in total. The first-order valence-corrected chi connectivity index (χ1v) is 7.45. The maximum absolute atomic E-state index is 8.99. The van der Waals surface area contributed by atoms with Crippen LogP contribution in [0.4, 0.5) is 0 Å². The maximum Gasteiger partial charge on any atom is 0.170 e. The predicted molar refractivity (Wildman–Crippen MR) is 79.1 cm³/mol. The molecule has 112 valence electrons. The van der Waals surface area contributed by atoms with Gasteiger partial charge in [-0.1, -0.05) is 29.3 Å². The van der Waals surface area contributed by atoms with E-state index in [1.807, 2.05) is 12.1 Å². The lowest BCUT2D eigenvalue weighted by atomic mass is 10.2. The lowest BCUT2D eigenvalue weighted by Crippen LogP contribution is -2.33. The van der Waals surface area contributed by atoms with Crippen molar-refractivity contribution in [3.8, 4) is 0 Å². The topological polar surface area (TPSA) is 41.9 Å². The van der Waals surface area contributed by atoms with Crippen LogP contribution in [-0.2, 0) is 16.0 Å². The Morgan fingerprint density at radius 2 is 1.95 bits per heavy atom. The van der Waals surface area contributed by atoms with Gasteiger partial charge in [0.15, 0.2) is 6.29 Å². The Morgan fingerprint density at radius 1 is 1.20 bits per heavy atom. The van der Waals surface area contributed by atoms with Gasteiger partial charge in [-0.2, -0.15) is 0 Å². The molecule has 0 unspecified atom stereocenters. The Bertz CT molecular complexity index is 425. The van der Waals surface area contributed by atoms with Crippen LogP contribution in [0.2, 0.25) is 10.0 Å². The monoisotopic (exact) mass is 319 g/mol. The minimum absolute atomic E-state index is 0.171. The lowest BCUT2D eigenvalue weighted by Gasteiger charge is -2.24. The third-order valence-corrected chi connectivity index (χ3v) is 3.86. The van der Waals surface area contributed by atoms with E-state index in [0.717, 1.165) is 18.7 Å². The zero-order valence-electron chi connectivity index (χ0n) is 11.2. The average molecular weight is 320 g/mol. The zero-order valence-corrected chi connectivity index (χ0v) is 12.7. The summed E-state index contributed by atoms with van der Waals surface area (Å²) in [5, 5.41) is 10.1. The number of aliphatic hydroxyl groups is 1. The van der Waals surface area contributed by atoms with Crippen molar-refractivity contribution in [3.63, 3.8) is 0 Å². The van der Waals surface area contributed by atoms with Crippen molar-refractivity contribution in [1.29, 1.82) is 0 Å². The fraction of sp³-hybridized carbons (Fsp3) is 0.571. The summed E-state index contributed by atoms with van der Waals surface area (Å²) in [4.78, 5) is 2.19. The van der Waals surface area contributed by atoms with E-state index in [-0.39, 0.29) is 12.9 Å². The Kier molecular flexibility index (Phi) is 6.55. The van der Waals surface area contributed by atoms with E-state index >= 15 is 0 Å². The molecule has 1 aromatic rings. The van der Waals surface area contributed by atoms with E-state index in [1.165, 1.54) is 0 Å². The Balaban J connectivity index is 1.95. The average Bonchev–Trinajstić information content (AvgIpc) is 2.93. The molecule has 0 bridgehead atoms. The van der Waals surface area contributed by atoms with Crippen LogP contribution in [0, 0.1) is 0 Å². The molecule has 6 heteroatoms. The van der Waals surface area contributed by atoms with E-state index in [2.05, 4.69) is 4.90 Å². The SMILES string of the molecule is OCCCN(Cc1ccc(Cl)c(Cl)c1)CC1OCCO1. The smallest absolute Gasteiger partial charge is 0.170 e. The first-order chi connectivity index (χ1) is 9.69. The molecule has 0 saturated carbocycles. The standard InChI is InChI=1S/C14H19Cl2NO3/c15-12-3-2-11(8-13(12)16)9-17(4-1-5-18)10-14-19-6-7-20-14/h2-3,8,14,18H,1,4-7,9-10H2. The summed E-state index contributed by atoms with van der Waals surface area (Å²) in [6.45, 7) is 3.64. The molecule has 0 atom stereocenters. The minimum atomic E-state index is -0.184. The summed E-state index contributed by atoms with van der Waals surface area (Å²) in [5.74, 6) is 0. The fourth-order valence-electron chi connectivity index (χ4n) is 2.15. The molecule has 4 nitrogen and oxygen atoms in total. The van der Waals surface area contributed by atoms with E-state index in [9.17, 15) is 0 Å². The van der Waals surface area contributed by atoms with Gasteiger partial charge >= 0.3 is 0 Å². The molecule has 0 aromatic heterocycles. The number of ether oxygens (including phenoxy) is 2. The number of rotatable bonds is 7. The zero-order chi connectivity index (χ0) is 14.4. The van der Waals surface area contributed by atoms with Crippen LogP contribution in [0.15, 0.2) is 18.2 Å². The van der Waals surface area contributed by atoms with Crippen LogP contribution in [0.25, 0.3) is 0 Å². The molecular weight excluding hydrogens is 301 g/mol. The second-order valence-electron chi connectivity index (χ2n) is 4.73. The van der Waals surface area contributed by atoms with E-state index in [4.69, 9.17) is 37.8 Å². The van der Waals surface area contributed by atoms with Gasteiger partial charge in [-0.15, -0.1) is 0 Å². The van der Waals surface area contributed by atoms with E-state index < -0.39 is 0 Å². The van der Waals surface area contributed by atoms with Gasteiger partial charge in [-0.3, -0.25) is 4.90 Å². The van der Waals surface area contributed by atoms with Crippen LogP contribution in [0.5, 0.6) is 0 Å². The Morgan fingerprint density at radius 3 is 2.60 bits per heavy atom. The second kappa shape index (κ2) is 8.17. The van der Waals surface area contributed by atoms with Gasteiger partial charge in [0.25, 0.3) is 0 Å². The van der Waals surface area contributed by atoms with Crippen LogP contribution in [-0.4, -0.2) is 49.2 Å². The lowest BCUT2D eigenvalue weighted by molar-refractivity contribution is -0.0638. The molecule has 1 fully saturated rings. The number of halogens is 2. The molecule has 20 heavy (non-hydrogen) atoms. The normalized spacial score (nSPS) is 16.2. The van der Waals surface area contributed by atoms with Gasteiger partial charge < -0.3 is 14.6 Å². The van der Waals surface area contributed by atoms with Crippen molar-refractivity contribution in [1.82, 2.24) is 4.90 Å². The van der Waals surface area contributed by atoms with Crippen molar-refractivity contribution in [2.24, 2.45) is 0 Å². The molecule has 0 spiro atoms. The van der Waals surface area contributed by atoms with Gasteiger partial charge in [0.1, 0.15) is 0 Å². The number of hydrogen-bond donors (Lipinski definition) is 1. The summed E-state index contributed by atoms with van der Waals surface area (Å²) >= 11 is 12.0. The number of hydrogen-bond acceptors (Lipinski definition) is 4. The molecule has 0 radical (unpaired) electrons. The molecule has 0 amide bonds. The molecular formula is C14H19Cl2NO3. The number of nitrogens with zero attached hydrogens (tertiary/aromatic N) is 1. The largest absolute Gasteiger partial charge is 0.396 e. The Hall–Kier alpha value is -0.360. The van der Waals surface area contributed by atoms with Gasteiger partial charge in [-0.25, -0.2) is 0 Å². The van der Waals surface area contributed by atoms with Crippen LogP contribution in [0.3, 0.4) is 0 Å². The first-order valence-electron chi connectivity index (χ1n) is 6.69. The third kappa shape index (κ3) is 4.88. The quantitative estimate of drug-likeness (QED) is 0.838. The predicted octanol–water partition coefficient (Wildman–Crippen LogP) is 2.55. The van der Waals surface area contributed by atoms with Crippen LogP contribution >= 0.6 is 23.2 Å². The molecule has 1 aliphatic rings. The third-order valence-electron chi connectivity index (χ3n) is 3.12. The van der Waals surface area contributed by atoms with Gasteiger partial charge in [0, 0.05) is 26.2 Å². The van der Waals surface area contributed by atoms with E-state index in [0.29, 0.717) is 36.2 Å². The number of aliphatic hydroxyl groups excluding tert-OH is 1. The number of benzene rings is 1. The summed E-state index contributed by atoms with van der Waals surface area (Å²) < 4.78 is 10.9. The molecule has 1 aliphatic heterocycles. The second-order valence-corrected chi connectivity index (χ2v) is 5.55. The van der Waals surface area contributed by atoms with Gasteiger partial charge in [-0.05, 0) is 24.1 Å². The van der Waals surface area contributed by atoms with Crippen molar-refractivity contribution in [3.05, 3.63) is 33.8 Å². The molecule has 0 aliphatic carbocycles. The highest BCUT2D eigenvalue weighted by Gasteiger charge is 2.19. The van der Waals surface area contributed by atoms with Crippen LogP contribution < -0.4 is 0 Å². The van der Waals surface area contributed by atoms with Crippen molar-refractivity contribution in [2.45, 2.75) is 19.3 Å². The van der Waals surface area contributed by atoms with Gasteiger partial charge in [0.2, 0.25) is 0 Å². The maximum atomic E-state index is 8.99. The summed E-state index contributed by atoms with van der Waals surface area (Å²) in [5.41, 5.74) is 1.08. The first kappa shape index (κ1) is 16.0. The van der Waals surface area contributed by atoms with Crippen LogP contribution in [0.1, 0.15) is 12.0 Å². The Labute approximate surface area is 129 Å². The highest BCUT2D eigenvalue weighted by molar-refractivity contribution is 6.42. The highest BCUT2D eigenvalue weighted by atomic mass is 35.5. The van der Waals surface area contributed by atoms with Gasteiger partial charge in [0.05, 0.1) is 23.3 Å². The summed E-state index contributed by atoms with van der Waals surface area (Å²) in [7, 11) is 0.